The Morgan fingerprint density at radius 2 is 2.00 bits per heavy atom. The highest BCUT2D eigenvalue weighted by atomic mass is 19.4. The summed E-state index contributed by atoms with van der Waals surface area (Å²) >= 11 is 0. The summed E-state index contributed by atoms with van der Waals surface area (Å²) in [5.41, 5.74) is 1.54. The topological polar surface area (TPSA) is 63.3 Å². The Bertz CT molecular complexity index is 468. The van der Waals surface area contributed by atoms with Gasteiger partial charge in [0.25, 0.3) is 0 Å². The highest BCUT2D eigenvalue weighted by Gasteiger charge is 2.36. The maximum Gasteiger partial charge on any atom is 0.416 e. The minimum Gasteiger partial charge on any atom is -0.478 e. The summed E-state index contributed by atoms with van der Waals surface area (Å²) in [7, 11) is 0. The highest BCUT2D eigenvalue weighted by molar-refractivity contribution is 5.94. The second-order valence-electron chi connectivity index (χ2n) is 3.34. The Labute approximate surface area is 93.8 Å². The fourth-order valence-corrected chi connectivity index (χ4v) is 1.53. The van der Waals surface area contributed by atoms with Crippen molar-refractivity contribution in [3.63, 3.8) is 0 Å². The fourth-order valence-electron chi connectivity index (χ4n) is 1.53. The van der Waals surface area contributed by atoms with E-state index in [1.165, 1.54) is 6.92 Å². The van der Waals surface area contributed by atoms with Gasteiger partial charge in [-0.05, 0) is 12.5 Å². The predicted molar refractivity (Wildman–Crippen MR) is 52.2 cm³/mol. The molecule has 3 N–H and O–H groups in total. The number of carboxylic acid groups (broad SMARTS) is 1. The van der Waals surface area contributed by atoms with E-state index in [0.29, 0.717) is 6.07 Å². The van der Waals surface area contributed by atoms with Crippen LogP contribution >= 0.6 is 0 Å². The van der Waals surface area contributed by atoms with Crippen molar-refractivity contribution >= 4 is 11.7 Å². The van der Waals surface area contributed by atoms with Crippen LogP contribution in [-0.4, -0.2) is 11.1 Å². The molecule has 1 rings (SSSR count). The molecule has 0 aliphatic heterocycles. The Morgan fingerprint density at radius 1 is 1.47 bits per heavy atom. The van der Waals surface area contributed by atoms with E-state index in [1.54, 1.807) is 0 Å². The normalized spacial score (nSPS) is 11.6. The number of hydrogen-bond donors (Lipinski definition) is 2. The molecule has 0 radical (unpaired) electrons. The lowest BCUT2D eigenvalue weighted by atomic mass is 9.98. The third-order valence-corrected chi connectivity index (χ3v) is 2.27. The lowest BCUT2D eigenvalue weighted by molar-refractivity contribution is -0.138. The van der Waals surface area contributed by atoms with Crippen LogP contribution in [0.3, 0.4) is 0 Å². The number of aromatic carboxylic acids is 1. The van der Waals surface area contributed by atoms with E-state index in [4.69, 9.17) is 10.8 Å². The lowest BCUT2D eigenvalue weighted by Crippen LogP contribution is -2.16. The first-order valence-corrected chi connectivity index (χ1v) is 4.61. The van der Waals surface area contributed by atoms with Crippen molar-refractivity contribution in [2.24, 2.45) is 0 Å². The zero-order chi connectivity index (χ0) is 13.4. The predicted octanol–water partition coefficient (Wildman–Crippen LogP) is 2.69. The van der Waals surface area contributed by atoms with Gasteiger partial charge in [0.15, 0.2) is 0 Å². The maximum absolute atomic E-state index is 13.6. The van der Waals surface area contributed by atoms with Crippen LogP contribution in [0.15, 0.2) is 6.07 Å². The summed E-state index contributed by atoms with van der Waals surface area (Å²) in [5.74, 6) is -3.12. The smallest absolute Gasteiger partial charge is 0.416 e. The Kier molecular flexibility index (Phi) is 3.30. The van der Waals surface area contributed by atoms with E-state index in [9.17, 15) is 22.4 Å². The number of carboxylic acids is 1. The molecule has 0 aliphatic rings. The van der Waals surface area contributed by atoms with E-state index >= 15 is 0 Å². The van der Waals surface area contributed by atoms with Gasteiger partial charge in [0.1, 0.15) is 11.4 Å². The number of halogens is 4. The number of nitrogens with two attached hydrogens (primary N) is 1. The van der Waals surface area contributed by atoms with Crippen LogP contribution < -0.4 is 5.73 Å². The van der Waals surface area contributed by atoms with Gasteiger partial charge in [0, 0.05) is 11.3 Å². The van der Waals surface area contributed by atoms with Crippen molar-refractivity contribution in [3.8, 4) is 0 Å². The Balaban J connectivity index is 3.64. The van der Waals surface area contributed by atoms with Gasteiger partial charge >= 0.3 is 12.1 Å². The molecule has 0 saturated heterocycles. The fraction of sp³-hybridized carbons (Fsp3) is 0.300. The van der Waals surface area contributed by atoms with Crippen molar-refractivity contribution in [2.45, 2.75) is 19.5 Å². The molecule has 1 aromatic carbocycles. The number of benzene rings is 1. The van der Waals surface area contributed by atoms with Gasteiger partial charge in [-0.2, -0.15) is 13.2 Å². The molecular formula is C10H9F4NO2. The van der Waals surface area contributed by atoms with Crippen molar-refractivity contribution < 1.29 is 27.5 Å². The molecule has 0 bridgehead atoms. The van der Waals surface area contributed by atoms with Crippen LogP contribution in [0.1, 0.15) is 28.4 Å². The molecule has 0 spiro atoms. The molecule has 17 heavy (non-hydrogen) atoms. The number of nitrogen functional groups attached to an aromatic ring is 1. The van der Waals surface area contributed by atoms with Crippen LogP contribution in [-0.2, 0) is 12.6 Å². The second kappa shape index (κ2) is 4.23. The van der Waals surface area contributed by atoms with Crippen molar-refractivity contribution in [2.75, 3.05) is 5.73 Å². The number of anilines is 1. The average molecular weight is 251 g/mol. The van der Waals surface area contributed by atoms with Crippen LogP contribution in [0.2, 0.25) is 0 Å². The van der Waals surface area contributed by atoms with E-state index in [1.807, 2.05) is 0 Å². The standard InChI is InChI=1S/C10H9F4NO2/c1-2-4-5(10(12,13)14)3-6(15)7(8(4)11)9(16)17/h3H,2,15H2,1H3,(H,16,17). The zero-order valence-corrected chi connectivity index (χ0v) is 8.73. The second-order valence-corrected chi connectivity index (χ2v) is 3.34. The number of rotatable bonds is 2. The largest absolute Gasteiger partial charge is 0.478 e. The van der Waals surface area contributed by atoms with E-state index in [2.05, 4.69) is 0 Å². The van der Waals surface area contributed by atoms with E-state index in [-0.39, 0.29) is 6.42 Å². The maximum atomic E-state index is 13.6. The molecule has 3 nitrogen and oxygen atoms in total. The molecule has 0 heterocycles. The third kappa shape index (κ3) is 2.32. The minimum absolute atomic E-state index is 0.277. The van der Waals surface area contributed by atoms with Gasteiger partial charge in [-0.25, -0.2) is 9.18 Å². The summed E-state index contributed by atoms with van der Waals surface area (Å²) in [4.78, 5) is 10.7. The Hall–Kier alpha value is -1.79. The molecule has 0 unspecified atom stereocenters. The summed E-state index contributed by atoms with van der Waals surface area (Å²) in [6, 6.07) is 0.450. The monoisotopic (exact) mass is 251 g/mol. The van der Waals surface area contributed by atoms with Crippen molar-refractivity contribution in [1.29, 1.82) is 0 Å². The average Bonchev–Trinajstić information content (AvgIpc) is 2.14. The summed E-state index contributed by atoms with van der Waals surface area (Å²) < 4.78 is 51.3. The zero-order valence-electron chi connectivity index (χ0n) is 8.73. The molecule has 0 aliphatic carbocycles. The number of hydrogen-bond acceptors (Lipinski definition) is 2. The first-order chi connectivity index (χ1) is 7.70. The minimum atomic E-state index is -4.77. The SMILES string of the molecule is CCc1c(C(F)(F)F)cc(N)c(C(=O)O)c1F. The van der Waals surface area contributed by atoms with Gasteiger partial charge in [-0.1, -0.05) is 6.92 Å². The van der Waals surface area contributed by atoms with Gasteiger partial charge in [-0.15, -0.1) is 0 Å². The molecule has 0 atom stereocenters. The van der Waals surface area contributed by atoms with Crippen LogP contribution in [0, 0.1) is 5.82 Å². The summed E-state index contributed by atoms with van der Waals surface area (Å²) in [6.07, 6.45) is -5.04. The highest BCUT2D eigenvalue weighted by Crippen LogP contribution is 2.36. The first kappa shape index (κ1) is 13.3. The van der Waals surface area contributed by atoms with Crippen LogP contribution in [0.4, 0.5) is 23.2 Å². The first-order valence-electron chi connectivity index (χ1n) is 4.61. The molecule has 0 amide bonds. The lowest BCUT2D eigenvalue weighted by Gasteiger charge is -2.15. The molecule has 0 aromatic heterocycles. The quantitative estimate of drug-likeness (QED) is 0.627. The van der Waals surface area contributed by atoms with Crippen molar-refractivity contribution in [3.05, 3.63) is 28.6 Å². The van der Waals surface area contributed by atoms with E-state index in [0.717, 1.165) is 0 Å². The van der Waals surface area contributed by atoms with Gasteiger partial charge in [-0.3, -0.25) is 0 Å². The van der Waals surface area contributed by atoms with E-state index < -0.39 is 40.3 Å². The molecule has 0 fully saturated rings. The molecule has 94 valence electrons. The third-order valence-electron chi connectivity index (χ3n) is 2.27. The molecule has 1 aromatic rings. The van der Waals surface area contributed by atoms with Gasteiger partial charge in [0.05, 0.1) is 5.56 Å². The summed E-state index contributed by atoms with van der Waals surface area (Å²) in [6.45, 7) is 1.30. The number of carbonyl (C=O) groups is 1. The molecule has 7 heteroatoms. The number of alkyl halides is 3. The summed E-state index contributed by atoms with van der Waals surface area (Å²) in [5, 5.41) is 8.66. The van der Waals surface area contributed by atoms with Crippen LogP contribution in [0.25, 0.3) is 0 Å². The molecular weight excluding hydrogens is 242 g/mol. The van der Waals surface area contributed by atoms with Crippen molar-refractivity contribution in [1.82, 2.24) is 0 Å². The van der Waals surface area contributed by atoms with Gasteiger partial charge < -0.3 is 10.8 Å². The van der Waals surface area contributed by atoms with Crippen LogP contribution in [0.5, 0.6) is 0 Å². The van der Waals surface area contributed by atoms with Gasteiger partial charge in [0.2, 0.25) is 0 Å². The molecule has 0 saturated carbocycles. The Morgan fingerprint density at radius 3 is 2.35 bits per heavy atom.